The molecule has 0 aromatic carbocycles. The summed E-state index contributed by atoms with van der Waals surface area (Å²) in [4.78, 5) is 11.9. The number of hydrogen-bond donors (Lipinski definition) is 3. The lowest BCUT2D eigenvalue weighted by Gasteiger charge is -2.29. The Morgan fingerprint density at radius 3 is 2.33 bits per heavy atom. The van der Waals surface area contributed by atoms with Crippen molar-refractivity contribution in [1.82, 2.24) is 5.32 Å². The molecule has 0 aromatic rings. The first-order valence-electron chi connectivity index (χ1n) is 7.24. The van der Waals surface area contributed by atoms with E-state index in [4.69, 9.17) is 5.11 Å². The Hall–Kier alpha value is -0.610. The zero-order valence-corrected chi connectivity index (χ0v) is 11.0. The van der Waals surface area contributed by atoms with Gasteiger partial charge in [0.05, 0.1) is 12.0 Å². The standard InChI is InChI=1S/C14H25NO3/c16-10-11-3-5-12(6-4-11)15-13(17)9-14(18)7-1-2-8-14/h11-12,16,18H,1-10H2,(H,15,17). The lowest BCUT2D eigenvalue weighted by Crippen LogP contribution is -2.41. The van der Waals surface area contributed by atoms with E-state index in [1.165, 1.54) is 0 Å². The maximum atomic E-state index is 11.9. The molecule has 2 aliphatic carbocycles. The molecule has 0 radical (unpaired) electrons. The van der Waals surface area contributed by atoms with Crippen LogP contribution in [0.3, 0.4) is 0 Å². The summed E-state index contributed by atoms with van der Waals surface area (Å²) in [5.74, 6) is 0.406. The van der Waals surface area contributed by atoms with Crippen molar-refractivity contribution in [2.45, 2.75) is 69.4 Å². The molecule has 0 atom stereocenters. The second kappa shape index (κ2) is 6.02. The third-order valence-electron chi connectivity index (χ3n) is 4.49. The van der Waals surface area contributed by atoms with Gasteiger partial charge in [-0.3, -0.25) is 4.79 Å². The maximum absolute atomic E-state index is 11.9. The first kappa shape index (κ1) is 13.8. The van der Waals surface area contributed by atoms with Gasteiger partial charge in [0, 0.05) is 12.6 Å². The van der Waals surface area contributed by atoms with Gasteiger partial charge in [0.1, 0.15) is 0 Å². The first-order valence-corrected chi connectivity index (χ1v) is 7.24. The average Bonchev–Trinajstić information content (AvgIpc) is 2.76. The van der Waals surface area contributed by atoms with E-state index < -0.39 is 5.60 Å². The van der Waals surface area contributed by atoms with Gasteiger partial charge >= 0.3 is 0 Å². The van der Waals surface area contributed by atoms with Gasteiger partial charge in [-0.05, 0) is 44.4 Å². The van der Waals surface area contributed by atoms with Crippen LogP contribution in [0.15, 0.2) is 0 Å². The van der Waals surface area contributed by atoms with Gasteiger partial charge in [-0.15, -0.1) is 0 Å². The highest BCUT2D eigenvalue weighted by molar-refractivity contribution is 5.77. The minimum Gasteiger partial charge on any atom is -0.396 e. The minimum atomic E-state index is -0.744. The van der Waals surface area contributed by atoms with Gasteiger partial charge in [-0.1, -0.05) is 12.8 Å². The number of nitrogens with one attached hydrogen (secondary N) is 1. The van der Waals surface area contributed by atoms with Crippen LogP contribution in [0.2, 0.25) is 0 Å². The number of aliphatic hydroxyl groups is 2. The van der Waals surface area contributed by atoms with Crippen LogP contribution in [0.1, 0.15) is 57.8 Å². The normalized spacial score (nSPS) is 31.2. The molecule has 0 aliphatic heterocycles. The Morgan fingerprint density at radius 2 is 1.78 bits per heavy atom. The van der Waals surface area contributed by atoms with Crippen LogP contribution >= 0.6 is 0 Å². The Balaban J connectivity index is 1.71. The van der Waals surface area contributed by atoms with Gasteiger partial charge in [0.2, 0.25) is 5.91 Å². The summed E-state index contributed by atoms with van der Waals surface area (Å²) in [5.41, 5.74) is -0.744. The highest BCUT2D eigenvalue weighted by atomic mass is 16.3. The maximum Gasteiger partial charge on any atom is 0.223 e. The predicted octanol–water partition coefficient (Wildman–Crippen LogP) is 1.35. The van der Waals surface area contributed by atoms with Crippen LogP contribution in [0.4, 0.5) is 0 Å². The molecule has 0 unspecified atom stereocenters. The molecule has 2 aliphatic rings. The van der Waals surface area contributed by atoms with Crippen LogP contribution in [0, 0.1) is 5.92 Å². The van der Waals surface area contributed by atoms with E-state index in [9.17, 15) is 9.90 Å². The van der Waals surface area contributed by atoms with Crippen LogP contribution < -0.4 is 5.32 Å². The topological polar surface area (TPSA) is 69.6 Å². The molecular formula is C14H25NO3. The molecule has 1 amide bonds. The van der Waals surface area contributed by atoms with Crippen LogP contribution in [0.25, 0.3) is 0 Å². The van der Waals surface area contributed by atoms with E-state index in [-0.39, 0.29) is 25.0 Å². The monoisotopic (exact) mass is 255 g/mol. The summed E-state index contributed by atoms with van der Waals surface area (Å²) >= 11 is 0. The van der Waals surface area contributed by atoms with E-state index in [0.29, 0.717) is 5.92 Å². The highest BCUT2D eigenvalue weighted by Crippen LogP contribution is 2.32. The SMILES string of the molecule is O=C(CC1(O)CCCC1)NC1CCC(CO)CC1. The van der Waals surface area contributed by atoms with Crippen molar-refractivity contribution in [2.24, 2.45) is 5.92 Å². The van der Waals surface area contributed by atoms with Crippen molar-refractivity contribution >= 4 is 5.91 Å². The van der Waals surface area contributed by atoms with Crippen LogP contribution in [-0.4, -0.2) is 34.4 Å². The summed E-state index contributed by atoms with van der Waals surface area (Å²) in [6, 6.07) is 0.241. The quantitative estimate of drug-likeness (QED) is 0.710. The molecule has 4 nitrogen and oxygen atoms in total. The molecule has 2 rings (SSSR count). The fourth-order valence-electron chi connectivity index (χ4n) is 3.28. The van der Waals surface area contributed by atoms with E-state index in [1.54, 1.807) is 0 Å². The second-order valence-corrected chi connectivity index (χ2v) is 6.08. The molecular weight excluding hydrogens is 230 g/mol. The van der Waals surface area contributed by atoms with E-state index >= 15 is 0 Å². The van der Waals surface area contributed by atoms with Crippen molar-refractivity contribution in [1.29, 1.82) is 0 Å². The van der Waals surface area contributed by atoms with Crippen molar-refractivity contribution < 1.29 is 15.0 Å². The van der Waals surface area contributed by atoms with Gasteiger partial charge in [0.25, 0.3) is 0 Å². The van der Waals surface area contributed by atoms with Crippen molar-refractivity contribution in [3.8, 4) is 0 Å². The summed E-state index contributed by atoms with van der Waals surface area (Å²) < 4.78 is 0. The first-order chi connectivity index (χ1) is 8.61. The average molecular weight is 255 g/mol. The lowest BCUT2D eigenvalue weighted by molar-refractivity contribution is -0.126. The van der Waals surface area contributed by atoms with Crippen molar-refractivity contribution in [3.63, 3.8) is 0 Å². The Morgan fingerprint density at radius 1 is 1.17 bits per heavy atom. The lowest BCUT2D eigenvalue weighted by atomic mass is 9.86. The molecule has 3 N–H and O–H groups in total. The predicted molar refractivity (Wildman–Crippen MR) is 69.0 cm³/mol. The number of aliphatic hydroxyl groups excluding tert-OH is 1. The number of amides is 1. The number of carbonyl (C=O) groups is 1. The molecule has 2 saturated carbocycles. The van der Waals surface area contributed by atoms with Crippen molar-refractivity contribution in [2.75, 3.05) is 6.61 Å². The molecule has 0 spiro atoms. The minimum absolute atomic E-state index is 0.00755. The number of carbonyl (C=O) groups excluding carboxylic acids is 1. The molecule has 2 fully saturated rings. The van der Waals surface area contributed by atoms with Crippen LogP contribution in [0.5, 0.6) is 0 Å². The largest absolute Gasteiger partial charge is 0.396 e. The third-order valence-corrected chi connectivity index (χ3v) is 4.49. The zero-order valence-electron chi connectivity index (χ0n) is 11.0. The van der Waals surface area contributed by atoms with Gasteiger partial charge in [0.15, 0.2) is 0 Å². The molecule has 0 saturated heterocycles. The summed E-state index contributed by atoms with van der Waals surface area (Å²) in [5, 5.41) is 22.3. The van der Waals surface area contributed by atoms with Gasteiger partial charge < -0.3 is 15.5 Å². The number of rotatable bonds is 4. The molecule has 0 aromatic heterocycles. The third kappa shape index (κ3) is 3.69. The molecule has 0 bridgehead atoms. The second-order valence-electron chi connectivity index (χ2n) is 6.08. The van der Waals surface area contributed by atoms with Gasteiger partial charge in [-0.25, -0.2) is 0 Å². The van der Waals surface area contributed by atoms with Crippen molar-refractivity contribution in [3.05, 3.63) is 0 Å². The fourth-order valence-corrected chi connectivity index (χ4v) is 3.28. The molecule has 4 heteroatoms. The summed E-state index contributed by atoms with van der Waals surface area (Å²) in [7, 11) is 0. The molecule has 0 heterocycles. The molecule has 104 valence electrons. The smallest absolute Gasteiger partial charge is 0.223 e. The summed E-state index contributed by atoms with van der Waals surface area (Å²) in [6.45, 7) is 0.264. The van der Waals surface area contributed by atoms with E-state index in [0.717, 1.165) is 51.4 Å². The Kier molecular flexibility index (Phi) is 4.62. The summed E-state index contributed by atoms with van der Waals surface area (Å²) in [6.07, 6.45) is 7.74. The zero-order chi connectivity index (χ0) is 13.0. The van der Waals surface area contributed by atoms with Crippen LogP contribution in [-0.2, 0) is 4.79 Å². The van der Waals surface area contributed by atoms with E-state index in [1.807, 2.05) is 0 Å². The number of hydrogen-bond acceptors (Lipinski definition) is 3. The Bertz CT molecular complexity index is 279. The van der Waals surface area contributed by atoms with Gasteiger partial charge in [-0.2, -0.15) is 0 Å². The van der Waals surface area contributed by atoms with E-state index in [2.05, 4.69) is 5.32 Å². The fraction of sp³-hybridized carbons (Fsp3) is 0.929. The molecule has 18 heavy (non-hydrogen) atoms. The Labute approximate surface area is 109 Å². The highest BCUT2D eigenvalue weighted by Gasteiger charge is 2.34.